The summed E-state index contributed by atoms with van der Waals surface area (Å²) in [5.74, 6) is -1.31. The molecule has 0 unspecified atom stereocenters. The number of benzene rings is 2. The van der Waals surface area contributed by atoms with Crippen molar-refractivity contribution < 1.29 is 22.7 Å². The minimum Gasteiger partial charge on any atom is -0.455 e. The lowest BCUT2D eigenvalue weighted by molar-refractivity contribution is -0.146. The first-order valence-corrected chi connectivity index (χ1v) is 10.9. The number of nitrogens with one attached hydrogen (secondary N) is 2. The number of anilines is 1. The van der Waals surface area contributed by atoms with Crippen molar-refractivity contribution in [2.24, 2.45) is 0 Å². The molecule has 1 aliphatic rings. The van der Waals surface area contributed by atoms with E-state index in [1.165, 1.54) is 23.3 Å². The highest BCUT2D eigenvalue weighted by atomic mass is 32.2. The van der Waals surface area contributed by atoms with Gasteiger partial charge in [0.1, 0.15) is 6.54 Å². The van der Waals surface area contributed by atoms with E-state index in [4.69, 9.17) is 4.74 Å². The zero-order chi connectivity index (χ0) is 21.0. The van der Waals surface area contributed by atoms with Crippen molar-refractivity contribution in [2.45, 2.75) is 38.0 Å². The molecule has 0 radical (unpaired) electrons. The standard InChI is InChI=1S/C21H24N2O5S/c1-14-6-9-19(10-15(14)2)29(26,27)22-12-21(25)28-13-20(24)23-18-8-7-16-4-3-5-17(16)11-18/h6-11,22H,3-5,12-13H2,1-2H3,(H,23,24). The number of sulfonamides is 1. The third-order valence-electron chi connectivity index (χ3n) is 4.94. The fraction of sp³-hybridized carbons (Fsp3) is 0.333. The van der Waals surface area contributed by atoms with Gasteiger partial charge in [-0.15, -0.1) is 0 Å². The third kappa shape index (κ3) is 5.42. The zero-order valence-corrected chi connectivity index (χ0v) is 17.3. The molecule has 0 aliphatic heterocycles. The van der Waals surface area contributed by atoms with Crippen molar-refractivity contribution in [2.75, 3.05) is 18.5 Å². The number of carbonyl (C=O) groups excluding carboxylic acids is 2. The molecule has 2 N–H and O–H groups in total. The maximum absolute atomic E-state index is 12.3. The molecule has 2 aromatic carbocycles. The van der Waals surface area contributed by atoms with E-state index in [2.05, 4.69) is 10.0 Å². The second kappa shape index (κ2) is 8.75. The fourth-order valence-electron chi connectivity index (χ4n) is 3.16. The van der Waals surface area contributed by atoms with Crippen molar-refractivity contribution in [1.29, 1.82) is 0 Å². The third-order valence-corrected chi connectivity index (χ3v) is 6.34. The van der Waals surface area contributed by atoms with Gasteiger partial charge < -0.3 is 10.1 Å². The lowest BCUT2D eigenvalue weighted by Gasteiger charge is -2.10. The van der Waals surface area contributed by atoms with E-state index in [-0.39, 0.29) is 4.90 Å². The molecular formula is C21H24N2O5S. The van der Waals surface area contributed by atoms with Crippen LogP contribution in [-0.2, 0) is 37.2 Å². The molecule has 0 aromatic heterocycles. The minimum absolute atomic E-state index is 0.0720. The number of ether oxygens (including phenoxy) is 1. The summed E-state index contributed by atoms with van der Waals surface area (Å²) in [7, 11) is -3.84. The molecule has 0 heterocycles. The van der Waals surface area contributed by atoms with E-state index in [1.807, 2.05) is 32.0 Å². The van der Waals surface area contributed by atoms with Gasteiger partial charge in [0.15, 0.2) is 6.61 Å². The number of esters is 1. The maximum atomic E-state index is 12.3. The van der Waals surface area contributed by atoms with Crippen molar-refractivity contribution >= 4 is 27.6 Å². The monoisotopic (exact) mass is 416 g/mol. The van der Waals surface area contributed by atoms with Gasteiger partial charge in [-0.3, -0.25) is 9.59 Å². The Kier molecular flexibility index (Phi) is 6.34. The number of carbonyl (C=O) groups is 2. The van der Waals surface area contributed by atoms with Gasteiger partial charge in [-0.25, -0.2) is 8.42 Å². The van der Waals surface area contributed by atoms with Crippen molar-refractivity contribution in [3.8, 4) is 0 Å². The van der Waals surface area contributed by atoms with Crippen molar-refractivity contribution in [3.05, 3.63) is 58.7 Å². The van der Waals surface area contributed by atoms with E-state index >= 15 is 0 Å². The van der Waals surface area contributed by atoms with Crippen LogP contribution in [0.4, 0.5) is 5.69 Å². The van der Waals surface area contributed by atoms with E-state index < -0.39 is 35.1 Å². The first-order chi connectivity index (χ1) is 13.7. The van der Waals surface area contributed by atoms with Crippen LogP contribution < -0.4 is 10.0 Å². The SMILES string of the molecule is Cc1ccc(S(=O)(=O)NCC(=O)OCC(=O)Nc2ccc3c(c2)CCC3)cc1C. The molecule has 8 heteroatoms. The highest BCUT2D eigenvalue weighted by molar-refractivity contribution is 7.89. The zero-order valence-electron chi connectivity index (χ0n) is 16.4. The summed E-state index contributed by atoms with van der Waals surface area (Å²) in [6, 6.07) is 10.4. The molecule has 0 fully saturated rings. The molecule has 1 aliphatic carbocycles. The van der Waals surface area contributed by atoms with Crippen LogP contribution in [0.15, 0.2) is 41.3 Å². The quantitative estimate of drug-likeness (QED) is 0.674. The van der Waals surface area contributed by atoms with E-state index in [0.29, 0.717) is 5.69 Å². The summed E-state index contributed by atoms with van der Waals surface area (Å²) >= 11 is 0. The molecule has 0 saturated heterocycles. The van der Waals surface area contributed by atoms with Crippen LogP contribution >= 0.6 is 0 Å². The molecule has 29 heavy (non-hydrogen) atoms. The topological polar surface area (TPSA) is 102 Å². The van der Waals surface area contributed by atoms with E-state index in [0.717, 1.165) is 30.4 Å². The highest BCUT2D eigenvalue weighted by Gasteiger charge is 2.17. The summed E-state index contributed by atoms with van der Waals surface area (Å²) in [5.41, 5.74) is 4.98. The lowest BCUT2D eigenvalue weighted by Crippen LogP contribution is -2.32. The molecule has 3 rings (SSSR count). The van der Waals surface area contributed by atoms with Gasteiger partial charge in [-0.05, 0) is 79.6 Å². The summed E-state index contributed by atoms with van der Waals surface area (Å²) in [6.45, 7) is 2.65. The second-order valence-corrected chi connectivity index (χ2v) is 8.88. The van der Waals surface area contributed by atoms with Gasteiger partial charge in [0, 0.05) is 5.69 Å². The predicted octanol–water partition coefficient (Wildman–Crippen LogP) is 2.25. The van der Waals surface area contributed by atoms with Crippen molar-refractivity contribution in [3.63, 3.8) is 0 Å². The van der Waals surface area contributed by atoms with Gasteiger partial charge in [-0.1, -0.05) is 12.1 Å². The Balaban J connectivity index is 1.46. The van der Waals surface area contributed by atoms with E-state index in [1.54, 1.807) is 6.07 Å². The molecular weight excluding hydrogens is 392 g/mol. The molecule has 0 spiro atoms. The van der Waals surface area contributed by atoms with Gasteiger partial charge in [0.2, 0.25) is 10.0 Å². The first kappa shape index (κ1) is 21.0. The molecule has 1 amide bonds. The normalized spacial score (nSPS) is 13.0. The van der Waals surface area contributed by atoms with Crippen LogP contribution in [0.3, 0.4) is 0 Å². The van der Waals surface area contributed by atoms with Crippen molar-refractivity contribution in [1.82, 2.24) is 4.72 Å². The molecule has 7 nitrogen and oxygen atoms in total. The number of fused-ring (bicyclic) bond motifs is 1. The van der Waals surface area contributed by atoms with Crippen LogP contribution in [-0.4, -0.2) is 33.4 Å². The summed E-state index contributed by atoms with van der Waals surface area (Å²) in [5, 5.41) is 2.68. The Labute approximate surface area is 170 Å². The predicted molar refractivity (Wildman–Crippen MR) is 109 cm³/mol. The molecule has 0 atom stereocenters. The smallest absolute Gasteiger partial charge is 0.321 e. The van der Waals surface area contributed by atoms with E-state index in [9.17, 15) is 18.0 Å². The van der Waals surface area contributed by atoms with Gasteiger partial charge in [-0.2, -0.15) is 4.72 Å². The largest absolute Gasteiger partial charge is 0.455 e. The number of hydrogen-bond donors (Lipinski definition) is 2. The number of amides is 1. The molecule has 2 aromatic rings. The van der Waals surface area contributed by atoms with Crippen LogP contribution in [0.1, 0.15) is 28.7 Å². The van der Waals surface area contributed by atoms with Crippen LogP contribution in [0, 0.1) is 13.8 Å². The fourth-order valence-corrected chi connectivity index (χ4v) is 4.22. The van der Waals surface area contributed by atoms with Gasteiger partial charge in [0.05, 0.1) is 4.90 Å². The summed E-state index contributed by atoms with van der Waals surface area (Å²) in [4.78, 5) is 23.9. The van der Waals surface area contributed by atoms with Crippen LogP contribution in [0.25, 0.3) is 0 Å². The van der Waals surface area contributed by atoms with Crippen LogP contribution in [0.2, 0.25) is 0 Å². The van der Waals surface area contributed by atoms with Crippen LogP contribution in [0.5, 0.6) is 0 Å². The minimum atomic E-state index is -3.84. The summed E-state index contributed by atoms with van der Waals surface area (Å²) < 4.78 is 31.6. The second-order valence-electron chi connectivity index (χ2n) is 7.12. The Morgan fingerprint density at radius 1 is 1.00 bits per heavy atom. The Bertz CT molecular complexity index is 1050. The Morgan fingerprint density at radius 2 is 1.76 bits per heavy atom. The molecule has 154 valence electrons. The highest BCUT2D eigenvalue weighted by Crippen LogP contribution is 2.24. The maximum Gasteiger partial charge on any atom is 0.321 e. The number of aryl methyl sites for hydroxylation is 4. The number of hydrogen-bond acceptors (Lipinski definition) is 5. The Hall–Kier alpha value is -2.71. The van der Waals surface area contributed by atoms with Gasteiger partial charge in [0.25, 0.3) is 5.91 Å². The lowest BCUT2D eigenvalue weighted by atomic mass is 10.1. The van der Waals surface area contributed by atoms with Gasteiger partial charge >= 0.3 is 5.97 Å². The Morgan fingerprint density at radius 3 is 2.52 bits per heavy atom. The average molecular weight is 416 g/mol. The molecule has 0 bridgehead atoms. The summed E-state index contributed by atoms with van der Waals surface area (Å²) in [6.07, 6.45) is 3.16. The number of rotatable bonds is 7. The molecule has 0 saturated carbocycles. The average Bonchev–Trinajstić information content (AvgIpc) is 3.14. The first-order valence-electron chi connectivity index (χ1n) is 9.39.